The van der Waals surface area contributed by atoms with Crippen molar-refractivity contribution in [3.8, 4) is 0 Å². The van der Waals surface area contributed by atoms with Gasteiger partial charge in [-0.3, -0.25) is 14.2 Å². The minimum absolute atomic E-state index is 0.00481. The fraction of sp³-hybridized carbons (Fsp3) is 0.294. The molecular weight excluding hydrogens is 306 g/mol. The smallest absolute Gasteiger partial charge is 0.269 e. The zero-order valence-corrected chi connectivity index (χ0v) is 13.1. The van der Waals surface area contributed by atoms with E-state index in [-0.39, 0.29) is 24.1 Å². The van der Waals surface area contributed by atoms with Crippen molar-refractivity contribution < 1.29 is 4.79 Å². The molecule has 1 aliphatic rings. The zero-order valence-electron chi connectivity index (χ0n) is 13.1. The average Bonchev–Trinajstić information content (AvgIpc) is 3.05. The van der Waals surface area contributed by atoms with E-state index in [2.05, 4.69) is 19.9 Å². The number of nitrogens with zero attached hydrogens (tertiary/aromatic N) is 4. The Labute approximate surface area is 138 Å². The number of fused-ring (bicyclic) bond motifs is 2. The van der Waals surface area contributed by atoms with Crippen LogP contribution in [0.25, 0.3) is 11.0 Å². The molecule has 0 aliphatic carbocycles. The zero-order chi connectivity index (χ0) is 16.5. The molecule has 0 fully saturated rings. The van der Waals surface area contributed by atoms with Crippen LogP contribution in [0.15, 0.2) is 47.7 Å². The van der Waals surface area contributed by atoms with Gasteiger partial charge in [-0.1, -0.05) is 12.1 Å². The summed E-state index contributed by atoms with van der Waals surface area (Å²) in [5.41, 5.74) is 1.09. The summed E-state index contributed by atoms with van der Waals surface area (Å²) in [6.07, 6.45) is 6.66. The van der Waals surface area contributed by atoms with Gasteiger partial charge in [-0.2, -0.15) is 0 Å². The molecule has 122 valence electrons. The van der Waals surface area contributed by atoms with E-state index in [0.717, 1.165) is 18.7 Å². The van der Waals surface area contributed by atoms with Crippen LogP contribution in [0.3, 0.4) is 0 Å². The lowest BCUT2D eigenvalue weighted by atomic mass is 10.1. The van der Waals surface area contributed by atoms with E-state index < -0.39 is 0 Å². The molecule has 0 spiro atoms. The van der Waals surface area contributed by atoms with Gasteiger partial charge >= 0.3 is 0 Å². The molecule has 0 saturated heterocycles. The number of aromatic nitrogens is 4. The first-order chi connectivity index (χ1) is 11.7. The Morgan fingerprint density at radius 2 is 2.17 bits per heavy atom. The largest absolute Gasteiger partial charge is 0.350 e. The molecule has 4 rings (SSSR count). The Hall–Kier alpha value is -2.96. The van der Waals surface area contributed by atoms with Gasteiger partial charge in [0.15, 0.2) is 0 Å². The van der Waals surface area contributed by atoms with Gasteiger partial charge in [0.1, 0.15) is 12.4 Å². The number of para-hydroxylation sites is 2. The van der Waals surface area contributed by atoms with Crippen molar-refractivity contribution in [1.29, 1.82) is 0 Å². The maximum Gasteiger partial charge on any atom is 0.269 e. The molecule has 0 unspecified atom stereocenters. The number of imidazole rings is 1. The fourth-order valence-corrected chi connectivity index (χ4v) is 3.18. The summed E-state index contributed by atoms with van der Waals surface area (Å²) in [5, 5.41) is 3.02. The van der Waals surface area contributed by atoms with E-state index >= 15 is 0 Å². The lowest BCUT2D eigenvalue weighted by Gasteiger charge is -2.25. The minimum atomic E-state index is -0.274. The van der Waals surface area contributed by atoms with Crippen LogP contribution in [0, 0.1) is 0 Å². The molecule has 2 aromatic heterocycles. The van der Waals surface area contributed by atoms with Crippen LogP contribution in [-0.4, -0.2) is 31.1 Å². The molecule has 3 aromatic rings. The second-order valence-corrected chi connectivity index (χ2v) is 5.97. The van der Waals surface area contributed by atoms with Crippen molar-refractivity contribution in [2.45, 2.75) is 32.0 Å². The molecule has 1 aromatic carbocycles. The third-order valence-corrected chi connectivity index (χ3v) is 4.35. The van der Waals surface area contributed by atoms with Crippen molar-refractivity contribution in [2.75, 3.05) is 0 Å². The van der Waals surface area contributed by atoms with E-state index in [0.29, 0.717) is 17.6 Å². The van der Waals surface area contributed by atoms with Crippen molar-refractivity contribution >= 4 is 16.9 Å². The molecule has 1 N–H and O–H groups in total. The van der Waals surface area contributed by atoms with Crippen molar-refractivity contribution in [1.82, 2.24) is 24.4 Å². The van der Waals surface area contributed by atoms with Gasteiger partial charge in [0.25, 0.3) is 5.56 Å². The molecule has 7 heteroatoms. The van der Waals surface area contributed by atoms with E-state index in [4.69, 9.17) is 0 Å². The van der Waals surface area contributed by atoms with Gasteiger partial charge in [0, 0.05) is 31.4 Å². The van der Waals surface area contributed by atoms with Crippen LogP contribution in [0.2, 0.25) is 0 Å². The predicted molar refractivity (Wildman–Crippen MR) is 88.5 cm³/mol. The Morgan fingerprint density at radius 3 is 3.08 bits per heavy atom. The Morgan fingerprint density at radius 1 is 1.29 bits per heavy atom. The number of carbonyl (C=O) groups is 1. The summed E-state index contributed by atoms with van der Waals surface area (Å²) in [7, 11) is 0. The quantitative estimate of drug-likeness (QED) is 0.770. The van der Waals surface area contributed by atoms with Gasteiger partial charge in [0.05, 0.1) is 17.2 Å². The number of amides is 1. The lowest BCUT2D eigenvalue weighted by Crippen LogP contribution is -2.43. The van der Waals surface area contributed by atoms with Gasteiger partial charge in [-0.25, -0.2) is 9.97 Å². The predicted octanol–water partition coefficient (Wildman–Crippen LogP) is 0.724. The molecule has 3 heterocycles. The Balaban J connectivity index is 1.51. The van der Waals surface area contributed by atoms with Crippen molar-refractivity contribution in [3.63, 3.8) is 0 Å². The molecule has 0 radical (unpaired) electrons. The standard InChI is InChI=1S/C17H17N5O2/c23-16(20-12-5-6-15-18-7-8-21(15)10-12)11-22-14-4-2-1-3-13(14)19-9-17(22)24/h1-4,7-9,12H,5-6,10-11H2,(H,20,23)/t12-/m1/s1. The molecule has 0 bridgehead atoms. The second kappa shape index (κ2) is 5.92. The first-order valence-corrected chi connectivity index (χ1v) is 7.94. The molecule has 1 aliphatic heterocycles. The number of hydrogen-bond donors (Lipinski definition) is 1. The monoisotopic (exact) mass is 323 g/mol. The third kappa shape index (κ3) is 2.68. The minimum Gasteiger partial charge on any atom is -0.350 e. The van der Waals surface area contributed by atoms with Crippen molar-refractivity contribution in [2.24, 2.45) is 0 Å². The lowest BCUT2D eigenvalue weighted by molar-refractivity contribution is -0.122. The molecule has 24 heavy (non-hydrogen) atoms. The highest BCUT2D eigenvalue weighted by molar-refractivity contribution is 5.80. The van der Waals surface area contributed by atoms with E-state index in [1.165, 1.54) is 10.8 Å². The topological polar surface area (TPSA) is 81.8 Å². The van der Waals surface area contributed by atoms with Gasteiger partial charge in [-0.15, -0.1) is 0 Å². The first-order valence-electron chi connectivity index (χ1n) is 7.94. The summed E-state index contributed by atoms with van der Waals surface area (Å²) < 4.78 is 3.52. The highest BCUT2D eigenvalue weighted by Crippen LogP contribution is 2.13. The van der Waals surface area contributed by atoms with E-state index in [1.807, 2.05) is 24.4 Å². The molecule has 7 nitrogen and oxygen atoms in total. The molecule has 1 atom stereocenters. The number of benzene rings is 1. The Kier molecular flexibility index (Phi) is 3.60. The van der Waals surface area contributed by atoms with Gasteiger partial charge in [-0.05, 0) is 18.6 Å². The third-order valence-electron chi connectivity index (χ3n) is 4.35. The number of hydrogen-bond acceptors (Lipinski definition) is 4. The second-order valence-electron chi connectivity index (χ2n) is 5.97. The van der Waals surface area contributed by atoms with Crippen LogP contribution in [-0.2, 0) is 24.3 Å². The van der Waals surface area contributed by atoms with Crippen LogP contribution in [0.1, 0.15) is 12.2 Å². The average molecular weight is 323 g/mol. The maximum atomic E-state index is 12.4. The summed E-state index contributed by atoms with van der Waals surface area (Å²) in [4.78, 5) is 32.9. The van der Waals surface area contributed by atoms with Crippen LogP contribution in [0.4, 0.5) is 0 Å². The van der Waals surface area contributed by atoms with Gasteiger partial charge < -0.3 is 9.88 Å². The number of rotatable bonds is 3. The summed E-state index contributed by atoms with van der Waals surface area (Å²) in [6.45, 7) is 0.711. The summed E-state index contributed by atoms with van der Waals surface area (Å²) in [5.74, 6) is 0.888. The van der Waals surface area contributed by atoms with Crippen LogP contribution >= 0.6 is 0 Å². The van der Waals surface area contributed by atoms with E-state index in [9.17, 15) is 9.59 Å². The fourth-order valence-electron chi connectivity index (χ4n) is 3.18. The SMILES string of the molecule is O=C(Cn1c(=O)cnc2ccccc21)N[C@@H]1CCc2nccn2C1. The molecule has 1 amide bonds. The van der Waals surface area contributed by atoms with Gasteiger partial charge in [0.2, 0.25) is 5.91 Å². The highest BCUT2D eigenvalue weighted by Gasteiger charge is 2.20. The number of aryl methyl sites for hydroxylation is 1. The maximum absolute atomic E-state index is 12.4. The summed E-state index contributed by atoms with van der Waals surface area (Å²) >= 11 is 0. The van der Waals surface area contributed by atoms with Crippen LogP contribution in [0.5, 0.6) is 0 Å². The number of nitrogens with one attached hydrogen (secondary N) is 1. The first kappa shape index (κ1) is 14.6. The van der Waals surface area contributed by atoms with Crippen molar-refractivity contribution in [3.05, 3.63) is 59.0 Å². The Bertz CT molecular complexity index is 959. The molecular formula is C17H17N5O2. The van der Waals surface area contributed by atoms with E-state index in [1.54, 1.807) is 12.3 Å². The summed E-state index contributed by atoms with van der Waals surface area (Å²) in [6, 6.07) is 7.37. The highest BCUT2D eigenvalue weighted by atomic mass is 16.2. The number of carbonyl (C=O) groups excluding carboxylic acids is 1. The van der Waals surface area contributed by atoms with Crippen LogP contribution < -0.4 is 10.9 Å². The molecule has 0 saturated carbocycles. The normalized spacial score (nSPS) is 16.8.